The Bertz CT molecular complexity index is 1250. The van der Waals surface area contributed by atoms with E-state index in [9.17, 15) is 4.79 Å². The molecule has 1 saturated carbocycles. The summed E-state index contributed by atoms with van der Waals surface area (Å²) < 4.78 is 14.7. The van der Waals surface area contributed by atoms with E-state index in [2.05, 4.69) is 21.7 Å². The summed E-state index contributed by atoms with van der Waals surface area (Å²) >= 11 is 0. The zero-order valence-electron chi connectivity index (χ0n) is 16.7. The van der Waals surface area contributed by atoms with Gasteiger partial charge in [-0.2, -0.15) is 0 Å². The molecule has 0 spiro atoms. The Kier molecular flexibility index (Phi) is 4.04. The normalized spacial score (nSPS) is 13.9. The molecule has 1 aromatic carbocycles. The van der Waals surface area contributed by atoms with Gasteiger partial charge >= 0.3 is 5.97 Å². The highest BCUT2D eigenvalue weighted by Gasteiger charge is 2.26. The third-order valence-corrected chi connectivity index (χ3v) is 5.60. The van der Waals surface area contributed by atoms with Gasteiger partial charge in [-0.05, 0) is 49.1 Å². The second-order valence-electron chi connectivity index (χ2n) is 7.53. The lowest BCUT2D eigenvalue weighted by Crippen LogP contribution is -2.05. The molecule has 4 aromatic rings. The quantitative estimate of drug-likeness (QED) is 0.485. The van der Waals surface area contributed by atoms with E-state index in [1.807, 2.05) is 23.9 Å². The molecule has 0 atom stereocenters. The largest absolute Gasteiger partial charge is 0.494 e. The number of aromatic nitrogens is 4. The van der Waals surface area contributed by atoms with Crippen LogP contribution in [0.5, 0.6) is 5.75 Å². The van der Waals surface area contributed by atoms with Crippen LogP contribution in [0.15, 0.2) is 36.5 Å². The number of hydrogen-bond donors (Lipinski definition) is 0. The van der Waals surface area contributed by atoms with Crippen molar-refractivity contribution < 1.29 is 14.3 Å². The van der Waals surface area contributed by atoms with Crippen molar-refractivity contribution >= 4 is 28.0 Å². The van der Waals surface area contributed by atoms with Crippen LogP contribution >= 0.6 is 0 Å². The fourth-order valence-corrected chi connectivity index (χ4v) is 3.95. The molecule has 1 aliphatic carbocycles. The van der Waals surface area contributed by atoms with Gasteiger partial charge in [0.2, 0.25) is 0 Å². The van der Waals surface area contributed by atoms with Gasteiger partial charge in [0.25, 0.3) is 0 Å². The first-order valence-corrected chi connectivity index (χ1v) is 9.68. The van der Waals surface area contributed by atoms with Crippen LogP contribution in [0.4, 0.5) is 0 Å². The molecule has 1 fully saturated rings. The minimum absolute atomic E-state index is 0.413. The van der Waals surface area contributed by atoms with Crippen LogP contribution in [0, 0.1) is 5.92 Å². The zero-order valence-corrected chi connectivity index (χ0v) is 16.7. The van der Waals surface area contributed by atoms with Crippen molar-refractivity contribution in [1.82, 2.24) is 19.1 Å². The van der Waals surface area contributed by atoms with E-state index in [0.717, 1.165) is 34.6 Å². The van der Waals surface area contributed by atoms with Gasteiger partial charge in [0.05, 0.1) is 31.0 Å². The molecular formula is C22H22N4O3. The fraction of sp³-hybridized carbons (Fsp3) is 0.318. The molecule has 0 amide bonds. The van der Waals surface area contributed by atoms with Crippen LogP contribution in [-0.2, 0) is 18.3 Å². The highest BCUT2D eigenvalue weighted by Crippen LogP contribution is 2.37. The van der Waals surface area contributed by atoms with Crippen molar-refractivity contribution in [3.05, 3.63) is 42.1 Å². The number of imidazole rings is 1. The number of esters is 1. The van der Waals surface area contributed by atoms with Crippen molar-refractivity contribution in [1.29, 1.82) is 0 Å². The highest BCUT2D eigenvalue weighted by molar-refractivity contribution is 5.97. The first-order valence-electron chi connectivity index (χ1n) is 9.68. The Hall–Kier alpha value is -3.35. The number of nitrogens with zero attached hydrogens (tertiary/aromatic N) is 4. The van der Waals surface area contributed by atoms with Crippen LogP contribution in [-0.4, -0.2) is 39.3 Å². The average molecular weight is 390 g/mol. The monoisotopic (exact) mass is 390 g/mol. The Morgan fingerprint density at radius 3 is 2.79 bits per heavy atom. The summed E-state index contributed by atoms with van der Waals surface area (Å²) in [6.45, 7) is 0.934. The molecule has 0 N–H and O–H groups in total. The molecule has 0 saturated heterocycles. The number of carbonyl (C=O) groups is 1. The molecule has 0 aliphatic heterocycles. The summed E-state index contributed by atoms with van der Waals surface area (Å²) in [4.78, 5) is 21.6. The third kappa shape index (κ3) is 2.85. The van der Waals surface area contributed by atoms with E-state index in [1.165, 1.54) is 20.0 Å². The summed E-state index contributed by atoms with van der Waals surface area (Å²) in [5.74, 6) is 1.69. The van der Waals surface area contributed by atoms with Gasteiger partial charge in [0.1, 0.15) is 16.9 Å². The number of benzene rings is 1. The van der Waals surface area contributed by atoms with E-state index < -0.39 is 5.97 Å². The molecular weight excluding hydrogens is 368 g/mol. The van der Waals surface area contributed by atoms with E-state index in [4.69, 9.17) is 14.5 Å². The molecule has 3 aromatic heterocycles. The molecule has 7 heteroatoms. The maximum atomic E-state index is 12.1. The molecule has 0 unspecified atom stereocenters. The van der Waals surface area contributed by atoms with Crippen molar-refractivity contribution in [3.8, 4) is 17.3 Å². The molecule has 5 rings (SSSR count). The lowest BCUT2D eigenvalue weighted by atomic mass is 10.2. The zero-order chi connectivity index (χ0) is 20.1. The van der Waals surface area contributed by atoms with Crippen LogP contribution in [0.1, 0.15) is 23.2 Å². The second-order valence-corrected chi connectivity index (χ2v) is 7.53. The number of aryl methyl sites for hydroxylation is 1. The summed E-state index contributed by atoms with van der Waals surface area (Å²) in [5, 5.41) is 1.09. The molecule has 3 heterocycles. The topological polar surface area (TPSA) is 71.2 Å². The van der Waals surface area contributed by atoms with Crippen molar-refractivity contribution in [2.45, 2.75) is 19.4 Å². The molecule has 29 heavy (non-hydrogen) atoms. The second kappa shape index (κ2) is 6.62. The van der Waals surface area contributed by atoms with E-state index in [-0.39, 0.29) is 0 Å². The minimum Gasteiger partial charge on any atom is -0.494 e. The predicted molar refractivity (Wildman–Crippen MR) is 110 cm³/mol. The lowest BCUT2D eigenvalue weighted by molar-refractivity contribution is 0.0600. The van der Waals surface area contributed by atoms with Gasteiger partial charge in [-0.1, -0.05) is 0 Å². The first-order chi connectivity index (χ1) is 14.1. The molecule has 1 aliphatic rings. The van der Waals surface area contributed by atoms with Crippen molar-refractivity contribution in [2.24, 2.45) is 13.0 Å². The number of ether oxygens (including phenoxy) is 2. The SMILES string of the molecule is COC(=O)c1cc(OC)c2c(c1)nc(-c1cc3cccnc3n1CC1CC1)n2C. The standard InChI is InChI=1S/C22H22N4O3/c1-25-19-16(9-15(22(27)29-3)11-18(19)28-2)24-21(25)17-10-14-5-4-8-23-20(14)26(17)12-13-6-7-13/h4-5,8-11,13H,6-7,12H2,1-3H3. The van der Waals surface area contributed by atoms with E-state index in [1.54, 1.807) is 19.2 Å². The maximum Gasteiger partial charge on any atom is 0.338 e. The molecule has 0 bridgehead atoms. The number of hydrogen-bond acceptors (Lipinski definition) is 5. The number of pyridine rings is 1. The Labute approximate surface area is 167 Å². The summed E-state index contributed by atoms with van der Waals surface area (Å²) in [7, 11) is 4.93. The third-order valence-electron chi connectivity index (χ3n) is 5.60. The average Bonchev–Trinajstić information content (AvgIpc) is 3.41. The van der Waals surface area contributed by atoms with Crippen molar-refractivity contribution in [2.75, 3.05) is 14.2 Å². The summed E-state index contributed by atoms with van der Waals surface area (Å²) in [5.41, 5.74) is 3.95. The van der Waals surface area contributed by atoms with Gasteiger partial charge in [0.15, 0.2) is 5.82 Å². The Balaban J connectivity index is 1.75. The van der Waals surface area contributed by atoms with E-state index in [0.29, 0.717) is 22.7 Å². The highest BCUT2D eigenvalue weighted by atomic mass is 16.5. The van der Waals surface area contributed by atoms with Crippen LogP contribution < -0.4 is 4.74 Å². The van der Waals surface area contributed by atoms with Crippen molar-refractivity contribution in [3.63, 3.8) is 0 Å². The Morgan fingerprint density at radius 2 is 2.07 bits per heavy atom. The lowest BCUT2D eigenvalue weighted by Gasteiger charge is -2.10. The number of carbonyl (C=O) groups excluding carboxylic acids is 1. The number of fused-ring (bicyclic) bond motifs is 2. The fourth-order valence-electron chi connectivity index (χ4n) is 3.95. The van der Waals surface area contributed by atoms with Crippen LogP contribution in [0.3, 0.4) is 0 Å². The minimum atomic E-state index is -0.413. The maximum absolute atomic E-state index is 12.1. The van der Waals surface area contributed by atoms with Gasteiger partial charge < -0.3 is 18.6 Å². The smallest absolute Gasteiger partial charge is 0.338 e. The molecule has 0 radical (unpaired) electrons. The summed E-state index contributed by atoms with van der Waals surface area (Å²) in [6, 6.07) is 9.61. The molecule has 7 nitrogen and oxygen atoms in total. The summed E-state index contributed by atoms with van der Waals surface area (Å²) in [6.07, 6.45) is 4.34. The van der Waals surface area contributed by atoms with Gasteiger partial charge in [-0.15, -0.1) is 0 Å². The number of methoxy groups -OCH3 is 2. The van der Waals surface area contributed by atoms with Crippen LogP contribution in [0.2, 0.25) is 0 Å². The first kappa shape index (κ1) is 17.7. The Morgan fingerprint density at radius 1 is 1.24 bits per heavy atom. The van der Waals surface area contributed by atoms with E-state index >= 15 is 0 Å². The van der Waals surface area contributed by atoms with Gasteiger partial charge in [0, 0.05) is 25.2 Å². The van der Waals surface area contributed by atoms with Gasteiger partial charge in [-0.3, -0.25) is 0 Å². The van der Waals surface area contributed by atoms with Crippen LogP contribution in [0.25, 0.3) is 33.6 Å². The predicted octanol–water partition coefficient (Wildman–Crippen LogP) is 3.80. The molecule has 148 valence electrons. The number of rotatable bonds is 5. The van der Waals surface area contributed by atoms with Gasteiger partial charge in [-0.25, -0.2) is 14.8 Å².